The third-order valence-electron chi connectivity index (χ3n) is 5.94. The van der Waals surface area contributed by atoms with E-state index in [1.54, 1.807) is 30.3 Å². The summed E-state index contributed by atoms with van der Waals surface area (Å²) in [6.07, 6.45) is 2.14. The largest absolute Gasteiger partial charge is 0.356 e. The summed E-state index contributed by atoms with van der Waals surface area (Å²) in [7, 11) is 0. The van der Waals surface area contributed by atoms with E-state index in [1.165, 1.54) is 30.5 Å². The first-order valence-electron chi connectivity index (χ1n) is 11.6. The van der Waals surface area contributed by atoms with E-state index in [4.69, 9.17) is 0 Å². The second kappa shape index (κ2) is 9.45. The highest BCUT2D eigenvalue weighted by molar-refractivity contribution is 6.06. The van der Waals surface area contributed by atoms with Crippen LogP contribution < -0.4 is 16.0 Å². The van der Waals surface area contributed by atoms with Gasteiger partial charge in [0.2, 0.25) is 11.9 Å². The quantitative estimate of drug-likeness (QED) is 0.285. The molecule has 1 aliphatic heterocycles. The number of fused-ring (bicyclic) bond motifs is 1. The van der Waals surface area contributed by atoms with Crippen molar-refractivity contribution in [2.24, 2.45) is 0 Å². The lowest BCUT2D eigenvalue weighted by atomic mass is 9.91. The van der Waals surface area contributed by atoms with Crippen LogP contribution in [0.15, 0.2) is 60.8 Å². The van der Waals surface area contributed by atoms with E-state index in [2.05, 4.69) is 30.9 Å². The molecule has 4 N–H and O–H groups in total. The van der Waals surface area contributed by atoms with E-state index >= 15 is 0 Å². The van der Waals surface area contributed by atoms with Crippen LogP contribution in [0.5, 0.6) is 0 Å². The van der Waals surface area contributed by atoms with Crippen LogP contribution in [0, 0.1) is 11.8 Å². The van der Waals surface area contributed by atoms with Crippen molar-refractivity contribution < 1.29 is 18.4 Å². The maximum atomic E-state index is 13.8. The third-order valence-corrected chi connectivity index (χ3v) is 5.94. The van der Waals surface area contributed by atoms with Gasteiger partial charge in [0.05, 0.1) is 23.4 Å². The summed E-state index contributed by atoms with van der Waals surface area (Å²) in [6.45, 7) is 3.85. The van der Waals surface area contributed by atoms with Gasteiger partial charge in [-0.3, -0.25) is 9.59 Å². The molecule has 0 bridgehead atoms. The van der Waals surface area contributed by atoms with Gasteiger partial charge in [-0.25, -0.2) is 14.4 Å². The maximum absolute atomic E-state index is 13.8. The normalized spacial score (nSPS) is 14.0. The Hall–Kier alpha value is -4.60. The van der Waals surface area contributed by atoms with Gasteiger partial charge in [-0.2, -0.15) is 4.39 Å². The molecule has 0 radical (unpaired) electrons. The van der Waals surface area contributed by atoms with Crippen molar-refractivity contribution in [3.05, 3.63) is 89.4 Å². The number of H-pyrrole nitrogens is 1. The lowest BCUT2D eigenvalue weighted by molar-refractivity contribution is -0.115. The predicted octanol–water partition coefficient (Wildman–Crippen LogP) is 4.74. The fourth-order valence-corrected chi connectivity index (χ4v) is 4.37. The number of pyridine rings is 2. The van der Waals surface area contributed by atoms with E-state index in [9.17, 15) is 18.4 Å². The summed E-state index contributed by atoms with van der Waals surface area (Å²) in [5.41, 5.74) is 3.00. The molecule has 0 fully saturated rings. The zero-order chi connectivity index (χ0) is 26.2. The van der Waals surface area contributed by atoms with Crippen LogP contribution in [0.2, 0.25) is 0 Å². The number of anilines is 3. The second-order valence-electron chi connectivity index (χ2n) is 9.50. The topological polar surface area (TPSA) is 112 Å². The Balaban J connectivity index is 1.48. The molecule has 1 aliphatic rings. The Kier molecular flexibility index (Phi) is 6.16. The molecule has 4 heterocycles. The van der Waals surface area contributed by atoms with Gasteiger partial charge in [-0.15, -0.1) is 0 Å². The number of hydrogen-bond donors (Lipinski definition) is 4. The Morgan fingerprint density at radius 3 is 2.62 bits per heavy atom. The number of nitrogens with one attached hydrogen (secondary N) is 4. The summed E-state index contributed by atoms with van der Waals surface area (Å²) >= 11 is 0. The highest BCUT2D eigenvalue weighted by Crippen LogP contribution is 2.38. The zero-order valence-corrected chi connectivity index (χ0v) is 20.2. The third kappa shape index (κ3) is 5.32. The van der Waals surface area contributed by atoms with E-state index in [0.29, 0.717) is 40.3 Å². The van der Waals surface area contributed by atoms with Crippen LogP contribution in [0.4, 0.5) is 26.1 Å². The minimum absolute atomic E-state index is 0.0519. The SMILES string of the molecule is CC1(C)Cc2[nH]c(-c3ccnc(NC(=O)Cc4ccc(F)cc4)c3)c(Nc3cccc(F)n3)c2C(=O)N1. The molecule has 0 unspecified atom stereocenters. The minimum atomic E-state index is -0.656. The summed E-state index contributed by atoms with van der Waals surface area (Å²) in [4.78, 5) is 37.1. The number of carbonyl (C=O) groups excluding carboxylic acids is 2. The number of amides is 2. The van der Waals surface area contributed by atoms with Crippen molar-refractivity contribution in [3.63, 3.8) is 0 Å². The van der Waals surface area contributed by atoms with Gasteiger partial charge in [0, 0.05) is 29.4 Å². The van der Waals surface area contributed by atoms with E-state index in [0.717, 1.165) is 5.69 Å². The Morgan fingerprint density at radius 1 is 1.08 bits per heavy atom. The number of rotatable bonds is 6. The molecule has 5 rings (SSSR count). The van der Waals surface area contributed by atoms with Crippen LogP contribution in [-0.2, 0) is 17.6 Å². The standard InChI is InChI=1S/C27H24F2N6O2/c1-27(2)14-18-23(26(37)35-27)25(34-20-5-3-4-19(29)32-20)24(31-18)16-10-11-30-21(13-16)33-22(36)12-15-6-8-17(28)9-7-15/h3-11,13,31H,12,14H2,1-2H3,(H,32,34)(H,35,37)(H,30,33,36). The Bertz CT molecular complexity index is 1500. The van der Waals surface area contributed by atoms with E-state index in [1.807, 2.05) is 13.8 Å². The average Bonchev–Trinajstić information content (AvgIpc) is 3.18. The van der Waals surface area contributed by atoms with Gasteiger partial charge in [0.1, 0.15) is 17.5 Å². The second-order valence-corrected chi connectivity index (χ2v) is 9.50. The molecular formula is C27H24F2N6O2. The molecule has 0 saturated carbocycles. The fraction of sp³-hybridized carbons (Fsp3) is 0.185. The van der Waals surface area contributed by atoms with E-state index in [-0.39, 0.29) is 29.9 Å². The van der Waals surface area contributed by atoms with Gasteiger partial charge in [0.15, 0.2) is 0 Å². The van der Waals surface area contributed by atoms with Crippen LogP contribution in [-0.4, -0.2) is 32.3 Å². The van der Waals surface area contributed by atoms with Crippen molar-refractivity contribution in [1.82, 2.24) is 20.3 Å². The highest BCUT2D eigenvalue weighted by atomic mass is 19.1. The lowest BCUT2D eigenvalue weighted by Crippen LogP contribution is -2.49. The maximum Gasteiger partial charge on any atom is 0.255 e. The molecule has 188 valence electrons. The number of halogens is 2. The highest BCUT2D eigenvalue weighted by Gasteiger charge is 2.35. The fourth-order valence-electron chi connectivity index (χ4n) is 4.37. The van der Waals surface area contributed by atoms with Gasteiger partial charge < -0.3 is 20.9 Å². The smallest absolute Gasteiger partial charge is 0.255 e. The monoisotopic (exact) mass is 502 g/mol. The van der Waals surface area contributed by atoms with Crippen LogP contribution >= 0.6 is 0 Å². The first-order chi connectivity index (χ1) is 17.7. The molecule has 0 spiro atoms. The first kappa shape index (κ1) is 24.1. The summed E-state index contributed by atoms with van der Waals surface area (Å²) < 4.78 is 26.9. The number of carbonyl (C=O) groups is 2. The molecule has 8 nitrogen and oxygen atoms in total. The zero-order valence-electron chi connectivity index (χ0n) is 20.2. The molecule has 0 aliphatic carbocycles. The number of nitrogens with zero attached hydrogens (tertiary/aromatic N) is 2. The molecule has 4 aromatic rings. The molecule has 0 saturated heterocycles. The predicted molar refractivity (Wildman–Crippen MR) is 135 cm³/mol. The molecule has 3 aromatic heterocycles. The number of aromatic nitrogens is 3. The number of benzene rings is 1. The number of aromatic amines is 1. The Morgan fingerprint density at radius 2 is 1.86 bits per heavy atom. The summed E-state index contributed by atoms with van der Waals surface area (Å²) in [5.74, 6) is -1.07. The van der Waals surface area contributed by atoms with Gasteiger partial charge >= 0.3 is 0 Å². The van der Waals surface area contributed by atoms with Crippen molar-refractivity contribution in [2.75, 3.05) is 10.6 Å². The van der Waals surface area contributed by atoms with Gasteiger partial charge in [-0.1, -0.05) is 18.2 Å². The minimum Gasteiger partial charge on any atom is -0.356 e. The molecule has 2 amide bonds. The summed E-state index contributed by atoms with van der Waals surface area (Å²) in [6, 6.07) is 13.5. The lowest BCUT2D eigenvalue weighted by Gasteiger charge is -2.30. The number of hydrogen-bond acceptors (Lipinski definition) is 5. The van der Waals surface area contributed by atoms with Crippen molar-refractivity contribution >= 4 is 29.1 Å². The molecule has 10 heteroatoms. The molecular weight excluding hydrogens is 478 g/mol. The van der Waals surface area contributed by atoms with E-state index < -0.39 is 11.5 Å². The van der Waals surface area contributed by atoms with Crippen molar-refractivity contribution in [1.29, 1.82) is 0 Å². The molecule has 37 heavy (non-hydrogen) atoms. The average molecular weight is 503 g/mol. The van der Waals surface area contributed by atoms with Crippen molar-refractivity contribution in [3.8, 4) is 11.3 Å². The molecule has 1 aromatic carbocycles. The first-order valence-corrected chi connectivity index (χ1v) is 11.6. The summed E-state index contributed by atoms with van der Waals surface area (Å²) in [5, 5.41) is 8.84. The molecule has 0 atom stereocenters. The van der Waals surface area contributed by atoms with Crippen molar-refractivity contribution in [2.45, 2.75) is 32.2 Å². The van der Waals surface area contributed by atoms with Crippen LogP contribution in [0.1, 0.15) is 35.5 Å². The van der Waals surface area contributed by atoms with Crippen LogP contribution in [0.3, 0.4) is 0 Å². The van der Waals surface area contributed by atoms with Crippen LogP contribution in [0.25, 0.3) is 11.3 Å². The Labute approximate surface area is 211 Å². The van der Waals surface area contributed by atoms with Gasteiger partial charge in [0.25, 0.3) is 5.91 Å². The van der Waals surface area contributed by atoms with Gasteiger partial charge in [-0.05, 0) is 55.8 Å².